The Labute approximate surface area is 177 Å². The van der Waals surface area contributed by atoms with Crippen molar-refractivity contribution in [2.75, 3.05) is 0 Å². The van der Waals surface area contributed by atoms with Crippen LogP contribution < -0.4 is 0 Å². The van der Waals surface area contributed by atoms with Crippen LogP contribution in [0.3, 0.4) is 0 Å². The van der Waals surface area contributed by atoms with Crippen LogP contribution in [0.4, 0.5) is 0 Å². The fourth-order valence-electron chi connectivity index (χ4n) is 5.83. The Morgan fingerprint density at radius 2 is 1.67 bits per heavy atom. The van der Waals surface area contributed by atoms with Crippen LogP contribution in [-0.2, 0) is 4.79 Å². The quantitative estimate of drug-likeness (QED) is 0.633. The normalized spacial score (nSPS) is 29.4. The second-order valence-corrected chi connectivity index (χ2v) is 8.68. The first-order chi connectivity index (χ1) is 14.8. The summed E-state index contributed by atoms with van der Waals surface area (Å²) >= 11 is 0. The molecule has 4 aliphatic rings. The Bertz CT molecular complexity index is 1130. The minimum Gasteiger partial charge on any atom is -0.313 e. The van der Waals surface area contributed by atoms with Gasteiger partial charge in [0.25, 0.3) is 0 Å². The molecule has 30 heavy (non-hydrogen) atoms. The van der Waals surface area contributed by atoms with Crippen LogP contribution >= 0.6 is 0 Å². The number of rotatable bonds is 2. The van der Waals surface area contributed by atoms with Gasteiger partial charge in [0.15, 0.2) is 5.78 Å². The maximum atomic E-state index is 12.3. The van der Waals surface area contributed by atoms with Crippen molar-refractivity contribution >= 4 is 17.2 Å². The van der Waals surface area contributed by atoms with Gasteiger partial charge in [0.05, 0.1) is 11.4 Å². The summed E-state index contributed by atoms with van der Waals surface area (Å²) in [6, 6.07) is 21.4. The zero-order chi connectivity index (χ0) is 20.1. The lowest BCUT2D eigenvalue weighted by Gasteiger charge is -2.53. The number of hydrogen-bond acceptors (Lipinski definition) is 3. The van der Waals surface area contributed by atoms with Crippen LogP contribution in [0.2, 0.25) is 0 Å². The lowest BCUT2D eigenvalue weighted by molar-refractivity contribution is -0.110. The van der Waals surface area contributed by atoms with Gasteiger partial charge in [-0.1, -0.05) is 73.2 Å². The van der Waals surface area contributed by atoms with Crippen molar-refractivity contribution in [2.45, 2.75) is 37.3 Å². The third kappa shape index (κ3) is 2.51. The number of carbonyl (C=O) groups is 1. The van der Waals surface area contributed by atoms with Crippen LogP contribution in [0.25, 0.3) is 5.70 Å². The maximum Gasteiger partial charge on any atom is 0.180 e. The topological polar surface area (TPSA) is 32.7 Å². The highest BCUT2D eigenvalue weighted by Crippen LogP contribution is 2.57. The van der Waals surface area contributed by atoms with Gasteiger partial charge in [0, 0.05) is 23.6 Å². The summed E-state index contributed by atoms with van der Waals surface area (Å²) in [6.45, 7) is 0. The zero-order valence-corrected chi connectivity index (χ0v) is 16.9. The predicted molar refractivity (Wildman–Crippen MR) is 120 cm³/mol. The van der Waals surface area contributed by atoms with E-state index in [9.17, 15) is 4.79 Å². The number of fused-ring (bicyclic) bond motifs is 2. The fourth-order valence-corrected chi connectivity index (χ4v) is 5.83. The number of ketones is 1. The fraction of sp³-hybridized carbons (Fsp3) is 0.259. The average Bonchev–Trinajstić information content (AvgIpc) is 3.12. The molecule has 148 valence electrons. The molecule has 2 heterocycles. The highest BCUT2D eigenvalue weighted by atomic mass is 16.1. The Balaban J connectivity index is 1.61. The Kier molecular flexibility index (Phi) is 3.92. The molecule has 1 saturated carbocycles. The monoisotopic (exact) mass is 392 g/mol. The molecule has 0 unspecified atom stereocenters. The third-order valence-electron chi connectivity index (χ3n) is 7.06. The molecule has 0 N–H and O–H groups in total. The van der Waals surface area contributed by atoms with Crippen molar-refractivity contribution in [1.82, 2.24) is 4.90 Å². The van der Waals surface area contributed by atoms with E-state index in [1.54, 1.807) is 12.2 Å². The number of allylic oxidation sites excluding steroid dienone is 4. The van der Waals surface area contributed by atoms with E-state index in [1.807, 2.05) is 6.08 Å². The zero-order valence-electron chi connectivity index (χ0n) is 16.9. The number of benzene rings is 2. The summed E-state index contributed by atoms with van der Waals surface area (Å²) in [4.78, 5) is 20.1. The summed E-state index contributed by atoms with van der Waals surface area (Å²) in [5.74, 6) is 0.748. The van der Waals surface area contributed by atoms with Crippen molar-refractivity contribution in [1.29, 1.82) is 0 Å². The Morgan fingerprint density at radius 1 is 0.900 bits per heavy atom. The summed E-state index contributed by atoms with van der Waals surface area (Å²) in [5.41, 5.74) is 5.33. The van der Waals surface area contributed by atoms with Crippen molar-refractivity contribution in [3.8, 4) is 0 Å². The van der Waals surface area contributed by atoms with Gasteiger partial charge >= 0.3 is 0 Å². The molecule has 6 rings (SSSR count). The van der Waals surface area contributed by atoms with Crippen molar-refractivity contribution in [2.24, 2.45) is 10.9 Å². The molecule has 0 aromatic heterocycles. The molecule has 1 spiro atoms. The lowest BCUT2D eigenvalue weighted by atomic mass is 9.66. The van der Waals surface area contributed by atoms with Gasteiger partial charge in [-0.15, -0.1) is 0 Å². The number of aliphatic imine (C=N–C) groups is 1. The minimum absolute atomic E-state index is 0.0472. The first kappa shape index (κ1) is 17.6. The highest BCUT2D eigenvalue weighted by molar-refractivity contribution is 6.21. The Hall–Kier alpha value is -3.20. The standard InChI is InChI=1S/C27H24N2O/c30-21-14-15-24-26(17-21)29-25(20-11-5-2-6-12-20)18-22(19-9-3-1-4-10-19)23-13-7-8-16-27(23,29)28-24/h1-6,9-12,14-15,17-18,22-23H,7-8,13,16H2/t22-,23+,27+/m1/s1. The molecular weight excluding hydrogens is 368 g/mol. The molecule has 0 saturated heterocycles. The molecule has 3 nitrogen and oxygen atoms in total. The molecule has 2 aliphatic heterocycles. The minimum atomic E-state index is -0.311. The Morgan fingerprint density at radius 3 is 2.47 bits per heavy atom. The van der Waals surface area contributed by atoms with Gasteiger partial charge in [-0.3, -0.25) is 9.79 Å². The number of carbonyl (C=O) groups excluding carboxylic acids is 1. The summed E-state index contributed by atoms with van der Waals surface area (Å²) in [7, 11) is 0. The lowest BCUT2D eigenvalue weighted by Crippen LogP contribution is -2.54. The van der Waals surface area contributed by atoms with Gasteiger partial charge in [0.1, 0.15) is 5.66 Å². The number of nitrogens with zero attached hydrogens (tertiary/aromatic N) is 2. The molecule has 3 atom stereocenters. The largest absolute Gasteiger partial charge is 0.313 e. The highest BCUT2D eigenvalue weighted by Gasteiger charge is 2.56. The van der Waals surface area contributed by atoms with Crippen LogP contribution in [0.5, 0.6) is 0 Å². The van der Waals surface area contributed by atoms with E-state index in [0.717, 1.165) is 30.7 Å². The second kappa shape index (κ2) is 6.66. The van der Waals surface area contributed by atoms with Gasteiger partial charge in [-0.25, -0.2) is 0 Å². The number of hydrogen-bond donors (Lipinski definition) is 0. The molecule has 2 aromatic rings. The van der Waals surface area contributed by atoms with E-state index in [1.165, 1.54) is 23.2 Å². The van der Waals surface area contributed by atoms with Gasteiger partial charge in [-0.2, -0.15) is 0 Å². The SMILES string of the molecule is O=C1C=CC2=N[C@]34CCCC[C@H]3[C@@H](c3ccccc3)C=C(c3ccccc3)N4C2=C1. The van der Waals surface area contributed by atoms with Crippen LogP contribution in [-0.4, -0.2) is 22.1 Å². The molecule has 0 bridgehead atoms. The van der Waals surface area contributed by atoms with Gasteiger partial charge < -0.3 is 4.90 Å². The van der Waals surface area contributed by atoms with E-state index in [2.05, 4.69) is 71.6 Å². The maximum absolute atomic E-state index is 12.3. The van der Waals surface area contributed by atoms with E-state index in [4.69, 9.17) is 4.99 Å². The third-order valence-corrected chi connectivity index (χ3v) is 7.06. The van der Waals surface area contributed by atoms with Crippen LogP contribution in [0.15, 0.2) is 95.7 Å². The van der Waals surface area contributed by atoms with E-state index >= 15 is 0 Å². The van der Waals surface area contributed by atoms with Gasteiger partial charge in [-0.05, 0) is 42.5 Å². The van der Waals surface area contributed by atoms with Crippen molar-refractivity contribution < 1.29 is 4.79 Å². The summed E-state index contributed by atoms with van der Waals surface area (Å²) < 4.78 is 0. The summed E-state index contributed by atoms with van der Waals surface area (Å²) in [5, 5.41) is 0. The van der Waals surface area contributed by atoms with E-state index < -0.39 is 0 Å². The van der Waals surface area contributed by atoms with Crippen molar-refractivity contribution in [3.63, 3.8) is 0 Å². The molecule has 0 radical (unpaired) electrons. The van der Waals surface area contributed by atoms with E-state index in [-0.39, 0.29) is 11.4 Å². The van der Waals surface area contributed by atoms with E-state index in [0.29, 0.717) is 11.8 Å². The first-order valence-corrected chi connectivity index (χ1v) is 10.9. The molecule has 2 aliphatic carbocycles. The predicted octanol–water partition coefficient (Wildman–Crippen LogP) is 5.49. The summed E-state index contributed by atoms with van der Waals surface area (Å²) in [6.07, 6.45) is 12.3. The second-order valence-electron chi connectivity index (χ2n) is 8.68. The smallest absolute Gasteiger partial charge is 0.180 e. The van der Waals surface area contributed by atoms with Crippen molar-refractivity contribution in [3.05, 3.63) is 102 Å². The molecule has 3 heteroatoms. The van der Waals surface area contributed by atoms with Crippen LogP contribution in [0, 0.1) is 5.92 Å². The molecule has 1 fully saturated rings. The average molecular weight is 393 g/mol. The van der Waals surface area contributed by atoms with Gasteiger partial charge in [0.2, 0.25) is 0 Å². The van der Waals surface area contributed by atoms with Crippen LogP contribution in [0.1, 0.15) is 42.7 Å². The molecular formula is C27H24N2O. The molecule has 2 aromatic carbocycles. The first-order valence-electron chi connectivity index (χ1n) is 10.9. The molecule has 0 amide bonds.